The average Bonchev–Trinajstić information content (AvgIpc) is 2.91. The highest BCUT2D eigenvalue weighted by Crippen LogP contribution is 2.19. The minimum Gasteiger partial charge on any atom is -0.356 e. The first-order valence-electron chi connectivity index (χ1n) is 7.11. The summed E-state index contributed by atoms with van der Waals surface area (Å²) in [4.78, 5) is 15.9. The fraction of sp³-hybridized carbons (Fsp3) is 0.467. The largest absolute Gasteiger partial charge is 0.356 e. The zero-order valence-electron chi connectivity index (χ0n) is 11.7. The molecule has 1 saturated heterocycles. The van der Waals surface area contributed by atoms with Gasteiger partial charge in [0.25, 0.3) is 0 Å². The second kappa shape index (κ2) is 5.63. The summed E-state index contributed by atoms with van der Waals surface area (Å²) >= 11 is 0. The van der Waals surface area contributed by atoms with Crippen LogP contribution in [0.5, 0.6) is 0 Å². The van der Waals surface area contributed by atoms with Crippen molar-refractivity contribution in [1.29, 1.82) is 0 Å². The van der Waals surface area contributed by atoms with Crippen LogP contribution in [-0.4, -0.2) is 47.0 Å². The van der Waals surface area contributed by atoms with Gasteiger partial charge in [0.1, 0.15) is 5.69 Å². The molecule has 0 N–H and O–H groups in total. The standard InChI is InChI=1S/C15H19N3O2/c1-2-15(19)18-9-7-17(8-10-18)11-13-12-5-3-4-6-14(12)20-16-13/h3-6H,2,7-11H2,1H3. The minimum atomic E-state index is 0.247. The number of para-hydroxylation sites is 1. The maximum absolute atomic E-state index is 11.6. The predicted octanol–water partition coefficient (Wildman–Crippen LogP) is 1.88. The van der Waals surface area contributed by atoms with E-state index in [0.29, 0.717) is 6.42 Å². The number of amides is 1. The van der Waals surface area contributed by atoms with Crippen molar-refractivity contribution >= 4 is 16.9 Å². The van der Waals surface area contributed by atoms with Gasteiger partial charge in [-0.15, -0.1) is 0 Å². The van der Waals surface area contributed by atoms with Gasteiger partial charge in [-0.25, -0.2) is 0 Å². The molecule has 1 aromatic carbocycles. The summed E-state index contributed by atoms with van der Waals surface area (Å²) in [6.07, 6.45) is 0.591. The molecule has 0 radical (unpaired) electrons. The van der Waals surface area contributed by atoms with E-state index in [1.807, 2.05) is 36.1 Å². The van der Waals surface area contributed by atoms with Gasteiger partial charge in [0, 0.05) is 44.5 Å². The highest BCUT2D eigenvalue weighted by atomic mass is 16.5. The monoisotopic (exact) mass is 273 g/mol. The third-order valence-electron chi connectivity index (χ3n) is 3.85. The van der Waals surface area contributed by atoms with Crippen molar-refractivity contribution in [3.63, 3.8) is 0 Å². The van der Waals surface area contributed by atoms with E-state index >= 15 is 0 Å². The van der Waals surface area contributed by atoms with Gasteiger partial charge in [0.15, 0.2) is 5.58 Å². The summed E-state index contributed by atoms with van der Waals surface area (Å²) < 4.78 is 5.33. The van der Waals surface area contributed by atoms with Crippen LogP contribution in [0.3, 0.4) is 0 Å². The van der Waals surface area contributed by atoms with E-state index in [2.05, 4.69) is 10.1 Å². The summed E-state index contributed by atoms with van der Waals surface area (Å²) in [5.41, 5.74) is 1.82. The Morgan fingerprint density at radius 2 is 2.00 bits per heavy atom. The maximum Gasteiger partial charge on any atom is 0.222 e. The van der Waals surface area contributed by atoms with Gasteiger partial charge < -0.3 is 9.42 Å². The second-order valence-corrected chi connectivity index (χ2v) is 5.14. The van der Waals surface area contributed by atoms with Gasteiger partial charge in [-0.2, -0.15) is 0 Å². The summed E-state index contributed by atoms with van der Waals surface area (Å²) in [5.74, 6) is 0.247. The van der Waals surface area contributed by atoms with Crippen molar-refractivity contribution in [2.45, 2.75) is 19.9 Å². The number of aromatic nitrogens is 1. The van der Waals surface area contributed by atoms with E-state index < -0.39 is 0 Å². The number of piperazine rings is 1. The Hall–Kier alpha value is -1.88. The van der Waals surface area contributed by atoms with Crippen LogP contribution in [0.1, 0.15) is 19.0 Å². The van der Waals surface area contributed by atoms with Crippen LogP contribution in [-0.2, 0) is 11.3 Å². The van der Waals surface area contributed by atoms with E-state index in [0.717, 1.165) is 49.4 Å². The summed E-state index contributed by atoms with van der Waals surface area (Å²) in [6.45, 7) is 6.10. The molecule has 5 heteroatoms. The van der Waals surface area contributed by atoms with E-state index in [1.54, 1.807) is 0 Å². The second-order valence-electron chi connectivity index (χ2n) is 5.14. The van der Waals surface area contributed by atoms with E-state index in [1.165, 1.54) is 0 Å². The molecule has 1 aromatic heterocycles. The number of nitrogens with zero attached hydrogens (tertiary/aromatic N) is 3. The Morgan fingerprint density at radius 1 is 1.25 bits per heavy atom. The Kier molecular flexibility index (Phi) is 3.69. The zero-order chi connectivity index (χ0) is 13.9. The predicted molar refractivity (Wildman–Crippen MR) is 76.2 cm³/mol. The number of carbonyl (C=O) groups excluding carboxylic acids is 1. The third kappa shape index (κ3) is 2.54. The summed E-state index contributed by atoms with van der Waals surface area (Å²) in [6, 6.07) is 7.93. The quantitative estimate of drug-likeness (QED) is 0.857. The SMILES string of the molecule is CCC(=O)N1CCN(Cc2noc3ccccc23)CC1. The molecular weight excluding hydrogens is 254 g/mol. The van der Waals surface area contributed by atoms with Crippen molar-refractivity contribution < 1.29 is 9.32 Å². The molecule has 1 aliphatic rings. The number of fused-ring (bicyclic) bond motifs is 1. The normalized spacial score (nSPS) is 16.8. The summed E-state index contributed by atoms with van der Waals surface area (Å²) in [5, 5.41) is 5.25. The number of carbonyl (C=O) groups is 1. The molecule has 5 nitrogen and oxygen atoms in total. The number of hydrogen-bond acceptors (Lipinski definition) is 4. The third-order valence-corrected chi connectivity index (χ3v) is 3.85. The lowest BCUT2D eigenvalue weighted by molar-refractivity contribution is -0.132. The molecule has 0 bridgehead atoms. The van der Waals surface area contributed by atoms with Crippen LogP contribution >= 0.6 is 0 Å². The van der Waals surface area contributed by atoms with Crippen molar-refractivity contribution in [3.8, 4) is 0 Å². The highest BCUT2D eigenvalue weighted by molar-refractivity contribution is 5.79. The van der Waals surface area contributed by atoms with Crippen LogP contribution < -0.4 is 0 Å². The number of hydrogen-bond donors (Lipinski definition) is 0. The smallest absolute Gasteiger partial charge is 0.222 e. The first-order chi connectivity index (χ1) is 9.78. The van der Waals surface area contributed by atoms with Gasteiger partial charge in [0.05, 0.1) is 0 Å². The number of benzene rings is 1. The minimum absolute atomic E-state index is 0.247. The molecule has 0 saturated carbocycles. The van der Waals surface area contributed by atoms with Gasteiger partial charge in [-0.05, 0) is 12.1 Å². The molecule has 2 aromatic rings. The molecule has 2 heterocycles. The molecule has 0 spiro atoms. The molecular formula is C15H19N3O2. The Balaban J connectivity index is 1.64. The first kappa shape index (κ1) is 13.1. The van der Waals surface area contributed by atoms with Crippen molar-refractivity contribution in [2.24, 2.45) is 0 Å². The Labute approximate surface area is 118 Å². The van der Waals surface area contributed by atoms with E-state index in [9.17, 15) is 4.79 Å². The molecule has 0 unspecified atom stereocenters. The molecule has 3 rings (SSSR count). The lowest BCUT2D eigenvalue weighted by Crippen LogP contribution is -2.48. The first-order valence-corrected chi connectivity index (χ1v) is 7.11. The molecule has 0 aliphatic carbocycles. The molecule has 1 aliphatic heterocycles. The van der Waals surface area contributed by atoms with E-state index in [-0.39, 0.29) is 5.91 Å². The van der Waals surface area contributed by atoms with Crippen LogP contribution in [0.15, 0.2) is 28.8 Å². The molecule has 106 valence electrons. The van der Waals surface area contributed by atoms with Crippen molar-refractivity contribution in [1.82, 2.24) is 15.0 Å². The Bertz CT molecular complexity index is 600. The lowest BCUT2D eigenvalue weighted by atomic mass is 10.2. The van der Waals surface area contributed by atoms with Gasteiger partial charge >= 0.3 is 0 Å². The van der Waals surface area contributed by atoms with Crippen LogP contribution in [0.4, 0.5) is 0 Å². The van der Waals surface area contributed by atoms with Crippen LogP contribution in [0, 0.1) is 0 Å². The highest BCUT2D eigenvalue weighted by Gasteiger charge is 2.21. The van der Waals surface area contributed by atoms with Crippen molar-refractivity contribution in [3.05, 3.63) is 30.0 Å². The molecule has 1 amide bonds. The zero-order valence-corrected chi connectivity index (χ0v) is 11.7. The maximum atomic E-state index is 11.6. The molecule has 20 heavy (non-hydrogen) atoms. The summed E-state index contributed by atoms with van der Waals surface area (Å²) in [7, 11) is 0. The van der Waals surface area contributed by atoms with Gasteiger partial charge in [-0.3, -0.25) is 9.69 Å². The molecule has 1 fully saturated rings. The van der Waals surface area contributed by atoms with Crippen molar-refractivity contribution in [2.75, 3.05) is 26.2 Å². The lowest BCUT2D eigenvalue weighted by Gasteiger charge is -2.34. The average molecular weight is 273 g/mol. The van der Waals surface area contributed by atoms with Gasteiger partial charge in [0.2, 0.25) is 5.91 Å². The van der Waals surface area contributed by atoms with Crippen LogP contribution in [0.2, 0.25) is 0 Å². The fourth-order valence-electron chi connectivity index (χ4n) is 2.64. The van der Waals surface area contributed by atoms with E-state index in [4.69, 9.17) is 4.52 Å². The molecule has 0 atom stereocenters. The Morgan fingerprint density at radius 3 is 2.75 bits per heavy atom. The van der Waals surface area contributed by atoms with Crippen LogP contribution in [0.25, 0.3) is 11.0 Å². The number of rotatable bonds is 3. The van der Waals surface area contributed by atoms with Gasteiger partial charge in [-0.1, -0.05) is 24.2 Å². The topological polar surface area (TPSA) is 49.6 Å². The fourth-order valence-corrected chi connectivity index (χ4v) is 2.64.